The molecule has 0 N–H and O–H groups in total. The highest BCUT2D eigenvalue weighted by atomic mass is 32.1. The molecule has 0 atom stereocenters. The van der Waals surface area contributed by atoms with Gasteiger partial charge in [-0.3, -0.25) is 19.4 Å². The highest BCUT2D eigenvalue weighted by molar-refractivity contribution is 7.20. The lowest BCUT2D eigenvalue weighted by molar-refractivity contribution is 0.0633. The maximum absolute atomic E-state index is 13.1. The van der Waals surface area contributed by atoms with Crippen LogP contribution >= 0.6 is 11.3 Å². The van der Waals surface area contributed by atoms with Crippen molar-refractivity contribution in [1.29, 1.82) is 0 Å². The molecule has 28 heavy (non-hydrogen) atoms. The van der Waals surface area contributed by atoms with Crippen LogP contribution < -0.4 is 0 Å². The zero-order valence-corrected chi connectivity index (χ0v) is 17.6. The number of amides is 1. The second-order valence-electron chi connectivity index (χ2n) is 7.91. The minimum absolute atomic E-state index is 0.153. The maximum atomic E-state index is 13.1. The van der Waals surface area contributed by atoms with Gasteiger partial charge >= 0.3 is 0 Å². The Hall–Kier alpha value is -2.25. The summed E-state index contributed by atoms with van der Waals surface area (Å²) in [4.78, 5) is 23.5. The number of piperazine rings is 1. The number of aromatic nitrogens is 3. The molecule has 3 aromatic heterocycles. The number of fused-ring (bicyclic) bond motifs is 1. The average Bonchev–Trinajstić information content (AvgIpc) is 3.24. The molecule has 0 radical (unpaired) electrons. The summed E-state index contributed by atoms with van der Waals surface area (Å²) in [6.45, 7) is 11.5. The Kier molecular flexibility index (Phi) is 5.46. The molecule has 4 heterocycles. The van der Waals surface area contributed by atoms with Gasteiger partial charge in [0.1, 0.15) is 4.83 Å². The molecule has 0 saturated carbocycles. The van der Waals surface area contributed by atoms with Crippen LogP contribution in [0.15, 0.2) is 30.6 Å². The SMILES string of the molecule is Cc1nn(CC(C)C)c2sc(C(=O)N3CCN(Cc4ccncc4)CC3)cc12. The lowest BCUT2D eigenvalue weighted by Crippen LogP contribution is -2.48. The van der Waals surface area contributed by atoms with E-state index in [1.165, 1.54) is 5.56 Å². The molecule has 7 heteroatoms. The number of rotatable bonds is 5. The summed E-state index contributed by atoms with van der Waals surface area (Å²) >= 11 is 1.58. The molecule has 0 aromatic carbocycles. The predicted molar refractivity (Wildman–Crippen MR) is 113 cm³/mol. The van der Waals surface area contributed by atoms with Gasteiger partial charge in [-0.05, 0) is 36.6 Å². The summed E-state index contributed by atoms with van der Waals surface area (Å²) in [6, 6.07) is 6.14. The van der Waals surface area contributed by atoms with Gasteiger partial charge in [-0.15, -0.1) is 11.3 Å². The van der Waals surface area contributed by atoms with Crippen molar-refractivity contribution in [3.8, 4) is 0 Å². The molecule has 4 rings (SSSR count). The summed E-state index contributed by atoms with van der Waals surface area (Å²) in [6.07, 6.45) is 3.66. The van der Waals surface area contributed by atoms with E-state index < -0.39 is 0 Å². The van der Waals surface area contributed by atoms with Crippen LogP contribution in [0.25, 0.3) is 10.2 Å². The zero-order valence-electron chi connectivity index (χ0n) is 16.8. The van der Waals surface area contributed by atoms with Crippen LogP contribution in [0.1, 0.15) is 34.8 Å². The lowest BCUT2D eigenvalue weighted by atomic mass is 10.2. The fourth-order valence-corrected chi connectivity index (χ4v) is 4.84. The highest BCUT2D eigenvalue weighted by Crippen LogP contribution is 2.30. The monoisotopic (exact) mass is 397 g/mol. The van der Waals surface area contributed by atoms with Crippen LogP contribution in [0.5, 0.6) is 0 Å². The van der Waals surface area contributed by atoms with E-state index in [4.69, 9.17) is 0 Å². The normalized spacial score (nSPS) is 15.6. The van der Waals surface area contributed by atoms with Crippen LogP contribution in [-0.4, -0.2) is 56.7 Å². The smallest absolute Gasteiger partial charge is 0.264 e. The van der Waals surface area contributed by atoms with Gasteiger partial charge in [-0.25, -0.2) is 0 Å². The molecule has 0 unspecified atom stereocenters. The Morgan fingerprint density at radius 2 is 1.89 bits per heavy atom. The quantitative estimate of drug-likeness (QED) is 0.662. The van der Waals surface area contributed by atoms with Gasteiger partial charge in [-0.1, -0.05) is 13.8 Å². The van der Waals surface area contributed by atoms with Gasteiger partial charge in [0.2, 0.25) is 0 Å². The van der Waals surface area contributed by atoms with Crippen molar-refractivity contribution < 1.29 is 4.79 Å². The Labute approximate surface area is 169 Å². The van der Waals surface area contributed by atoms with E-state index in [0.717, 1.165) is 60.1 Å². The van der Waals surface area contributed by atoms with E-state index in [-0.39, 0.29) is 5.91 Å². The maximum Gasteiger partial charge on any atom is 0.264 e. The van der Waals surface area contributed by atoms with Crippen molar-refractivity contribution in [2.45, 2.75) is 33.9 Å². The third kappa shape index (κ3) is 3.95. The number of hydrogen-bond donors (Lipinski definition) is 0. The van der Waals surface area contributed by atoms with Gasteiger partial charge in [0.15, 0.2) is 0 Å². The van der Waals surface area contributed by atoms with Crippen molar-refractivity contribution >= 4 is 27.5 Å². The Balaban J connectivity index is 1.42. The largest absolute Gasteiger partial charge is 0.335 e. The van der Waals surface area contributed by atoms with E-state index in [0.29, 0.717) is 5.92 Å². The molecule has 1 aliphatic heterocycles. The van der Waals surface area contributed by atoms with Crippen LogP contribution in [-0.2, 0) is 13.1 Å². The van der Waals surface area contributed by atoms with Crippen molar-refractivity contribution in [3.05, 3.63) is 46.7 Å². The van der Waals surface area contributed by atoms with E-state index in [1.54, 1.807) is 11.3 Å². The van der Waals surface area contributed by atoms with Gasteiger partial charge < -0.3 is 4.90 Å². The number of hydrogen-bond acceptors (Lipinski definition) is 5. The minimum atomic E-state index is 0.153. The van der Waals surface area contributed by atoms with Gasteiger partial charge in [0.05, 0.1) is 10.6 Å². The van der Waals surface area contributed by atoms with E-state index in [2.05, 4.69) is 45.6 Å². The number of pyridine rings is 1. The third-order valence-corrected chi connectivity index (χ3v) is 6.31. The Morgan fingerprint density at radius 1 is 1.18 bits per heavy atom. The first-order valence-corrected chi connectivity index (χ1v) is 10.7. The zero-order chi connectivity index (χ0) is 19.7. The molecule has 3 aromatic rings. The number of carbonyl (C=O) groups excluding carboxylic acids is 1. The van der Waals surface area contributed by atoms with E-state index in [1.807, 2.05) is 30.3 Å². The molecule has 0 bridgehead atoms. The molecular formula is C21H27N5OS. The third-order valence-electron chi connectivity index (χ3n) is 5.17. The number of aryl methyl sites for hydroxylation is 1. The van der Waals surface area contributed by atoms with E-state index >= 15 is 0 Å². The van der Waals surface area contributed by atoms with E-state index in [9.17, 15) is 4.79 Å². The lowest BCUT2D eigenvalue weighted by Gasteiger charge is -2.34. The number of carbonyl (C=O) groups is 1. The summed E-state index contributed by atoms with van der Waals surface area (Å²) in [5.74, 6) is 0.678. The number of nitrogens with zero attached hydrogens (tertiary/aromatic N) is 5. The van der Waals surface area contributed by atoms with Crippen LogP contribution in [0.2, 0.25) is 0 Å². The molecule has 6 nitrogen and oxygen atoms in total. The molecule has 0 spiro atoms. The number of thiophene rings is 1. The van der Waals surface area contributed by atoms with Crippen LogP contribution in [0, 0.1) is 12.8 Å². The standard InChI is InChI=1S/C21H27N5OS/c1-15(2)13-26-21-18(16(3)23-26)12-19(28-21)20(27)25-10-8-24(9-11-25)14-17-4-6-22-7-5-17/h4-7,12,15H,8-11,13-14H2,1-3H3. The summed E-state index contributed by atoms with van der Waals surface area (Å²) in [7, 11) is 0. The highest BCUT2D eigenvalue weighted by Gasteiger charge is 2.25. The molecule has 1 fully saturated rings. The molecular weight excluding hydrogens is 370 g/mol. The first kappa shape index (κ1) is 19.1. The fraction of sp³-hybridized carbons (Fsp3) is 0.476. The van der Waals surface area contributed by atoms with Crippen molar-refractivity contribution in [3.63, 3.8) is 0 Å². The Bertz CT molecular complexity index is 954. The summed E-state index contributed by atoms with van der Waals surface area (Å²) < 4.78 is 2.06. The van der Waals surface area contributed by atoms with Crippen LogP contribution in [0.4, 0.5) is 0 Å². The second kappa shape index (κ2) is 8.01. The van der Waals surface area contributed by atoms with Gasteiger partial charge in [0, 0.05) is 57.0 Å². The summed E-state index contributed by atoms with van der Waals surface area (Å²) in [5.41, 5.74) is 2.28. The molecule has 1 amide bonds. The molecule has 1 saturated heterocycles. The van der Waals surface area contributed by atoms with Crippen molar-refractivity contribution in [1.82, 2.24) is 24.6 Å². The predicted octanol–water partition coefficient (Wildman–Crippen LogP) is 3.42. The first-order valence-electron chi connectivity index (χ1n) is 9.88. The fourth-order valence-electron chi connectivity index (χ4n) is 3.70. The van der Waals surface area contributed by atoms with Gasteiger partial charge in [-0.2, -0.15) is 5.10 Å². The van der Waals surface area contributed by atoms with Crippen molar-refractivity contribution in [2.24, 2.45) is 5.92 Å². The first-order chi connectivity index (χ1) is 13.5. The van der Waals surface area contributed by atoms with Crippen molar-refractivity contribution in [2.75, 3.05) is 26.2 Å². The topological polar surface area (TPSA) is 54.3 Å². The summed E-state index contributed by atoms with van der Waals surface area (Å²) in [5, 5.41) is 5.76. The van der Waals surface area contributed by atoms with Gasteiger partial charge in [0.25, 0.3) is 5.91 Å². The second-order valence-corrected chi connectivity index (χ2v) is 8.95. The molecule has 1 aliphatic rings. The average molecular weight is 398 g/mol. The minimum Gasteiger partial charge on any atom is -0.335 e. The van der Waals surface area contributed by atoms with Crippen LogP contribution in [0.3, 0.4) is 0 Å². The molecule has 148 valence electrons. The Morgan fingerprint density at radius 3 is 2.57 bits per heavy atom. The molecule has 0 aliphatic carbocycles.